The number of carboxylic acid groups (broad SMARTS) is 1. The molecule has 3 amide bonds. The van der Waals surface area contributed by atoms with Crippen LogP contribution >= 0.6 is 0 Å². The van der Waals surface area contributed by atoms with Gasteiger partial charge in [0.05, 0.1) is 6.61 Å². The number of carbonyl (C=O) groups excluding carboxylic acids is 2. The van der Waals surface area contributed by atoms with E-state index in [1.165, 1.54) is 6.08 Å². The monoisotopic (exact) mass is 446 g/mol. The van der Waals surface area contributed by atoms with Gasteiger partial charge in [-0.2, -0.15) is 0 Å². The maximum Gasteiger partial charge on any atom is 0.329 e. The highest BCUT2D eigenvalue weighted by Gasteiger charge is 2.34. The first-order valence-corrected chi connectivity index (χ1v) is 10.4. The summed E-state index contributed by atoms with van der Waals surface area (Å²) < 4.78 is 11.7. The van der Waals surface area contributed by atoms with Crippen LogP contribution in [0.2, 0.25) is 0 Å². The van der Waals surface area contributed by atoms with E-state index < -0.39 is 24.5 Å². The van der Waals surface area contributed by atoms with Crippen LogP contribution in [-0.2, 0) is 16.2 Å². The number of imide groups is 1. The molecule has 1 fully saturated rings. The number of carboxylic acids is 1. The Morgan fingerprint density at radius 3 is 2.55 bits per heavy atom. The van der Waals surface area contributed by atoms with Crippen molar-refractivity contribution in [1.29, 1.82) is 0 Å². The number of fused-ring (bicyclic) bond motifs is 1. The molecule has 2 N–H and O–H groups in total. The first-order valence-electron chi connectivity index (χ1n) is 10.4. The topological polar surface area (TPSA) is 105 Å². The van der Waals surface area contributed by atoms with Crippen molar-refractivity contribution in [2.75, 3.05) is 13.2 Å². The number of aliphatic carboxylic acids is 1. The van der Waals surface area contributed by atoms with Crippen molar-refractivity contribution in [2.24, 2.45) is 0 Å². The van der Waals surface area contributed by atoms with Gasteiger partial charge in [0.2, 0.25) is 0 Å². The molecule has 0 saturated carbocycles. The standard InChI is InChI=1S/C25H22N2O6/c1-2-32-22-13-16(12-20-24(30)27(14-23(28)29)25(31)26-20)8-10-21(22)33-15-17-7-9-18-5-3-4-6-19(18)11-17/h3-13H,2,14-15H2,1H3,(H,26,31)(H,28,29)/b20-12+. The average molecular weight is 446 g/mol. The normalized spacial score (nSPS) is 14.6. The molecule has 0 spiro atoms. The molecule has 4 rings (SSSR count). The molecule has 168 valence electrons. The number of carbonyl (C=O) groups is 3. The van der Waals surface area contributed by atoms with Crippen molar-refractivity contribution in [1.82, 2.24) is 10.2 Å². The Morgan fingerprint density at radius 2 is 1.79 bits per heavy atom. The largest absolute Gasteiger partial charge is 0.490 e. The fraction of sp³-hybridized carbons (Fsp3) is 0.160. The van der Waals surface area contributed by atoms with E-state index in [0.717, 1.165) is 16.3 Å². The lowest BCUT2D eigenvalue weighted by atomic mass is 10.1. The molecule has 1 aliphatic rings. The van der Waals surface area contributed by atoms with Crippen LogP contribution in [0.15, 0.2) is 66.4 Å². The van der Waals surface area contributed by atoms with Gasteiger partial charge in [-0.1, -0.05) is 42.5 Å². The molecule has 0 bridgehead atoms. The third-order valence-electron chi connectivity index (χ3n) is 5.04. The lowest BCUT2D eigenvalue weighted by molar-refractivity contribution is -0.140. The lowest BCUT2D eigenvalue weighted by Crippen LogP contribution is -2.35. The van der Waals surface area contributed by atoms with E-state index in [9.17, 15) is 14.4 Å². The van der Waals surface area contributed by atoms with E-state index >= 15 is 0 Å². The number of hydrogen-bond donors (Lipinski definition) is 2. The van der Waals surface area contributed by atoms with Crippen LogP contribution in [0.5, 0.6) is 11.5 Å². The summed E-state index contributed by atoms with van der Waals surface area (Å²) in [4.78, 5) is 35.7. The predicted molar refractivity (Wildman–Crippen MR) is 122 cm³/mol. The zero-order valence-electron chi connectivity index (χ0n) is 17.9. The van der Waals surface area contributed by atoms with E-state index in [1.54, 1.807) is 18.2 Å². The summed E-state index contributed by atoms with van der Waals surface area (Å²) in [6.45, 7) is 1.91. The number of nitrogens with one attached hydrogen (secondary N) is 1. The molecule has 0 radical (unpaired) electrons. The van der Waals surface area contributed by atoms with Crippen LogP contribution in [0.3, 0.4) is 0 Å². The summed E-state index contributed by atoms with van der Waals surface area (Å²) in [6.07, 6.45) is 1.47. The average Bonchev–Trinajstić information content (AvgIpc) is 3.05. The maximum absolute atomic E-state index is 12.3. The first kappa shape index (κ1) is 21.9. The predicted octanol–water partition coefficient (Wildman–Crippen LogP) is 3.79. The van der Waals surface area contributed by atoms with Gasteiger partial charge in [-0.15, -0.1) is 0 Å². The molecule has 8 heteroatoms. The Bertz CT molecular complexity index is 1270. The molecule has 0 aliphatic carbocycles. The van der Waals surface area contributed by atoms with Crippen molar-refractivity contribution in [3.8, 4) is 11.5 Å². The van der Waals surface area contributed by atoms with Crippen molar-refractivity contribution in [3.05, 3.63) is 77.5 Å². The summed E-state index contributed by atoms with van der Waals surface area (Å²) in [5.74, 6) is -0.934. The van der Waals surface area contributed by atoms with Crippen molar-refractivity contribution in [2.45, 2.75) is 13.5 Å². The molecule has 1 aliphatic heterocycles. The molecular formula is C25H22N2O6. The first-order chi connectivity index (χ1) is 15.9. The summed E-state index contributed by atoms with van der Waals surface area (Å²) >= 11 is 0. The molecule has 1 heterocycles. The van der Waals surface area contributed by atoms with E-state index in [0.29, 0.717) is 35.2 Å². The van der Waals surface area contributed by atoms with E-state index in [4.69, 9.17) is 14.6 Å². The van der Waals surface area contributed by atoms with Gasteiger partial charge in [-0.05, 0) is 53.1 Å². The van der Waals surface area contributed by atoms with Gasteiger partial charge < -0.3 is 19.9 Å². The SMILES string of the molecule is CCOc1cc(/C=C2/NC(=O)N(CC(=O)O)C2=O)ccc1OCc1ccc2ccccc2c1. The van der Waals surface area contributed by atoms with Crippen LogP contribution in [0.25, 0.3) is 16.8 Å². The Labute approximate surface area is 190 Å². The minimum atomic E-state index is -1.27. The van der Waals surface area contributed by atoms with Gasteiger partial charge in [0.15, 0.2) is 11.5 Å². The Morgan fingerprint density at radius 1 is 1.00 bits per heavy atom. The number of hydrogen-bond acceptors (Lipinski definition) is 5. The van der Waals surface area contributed by atoms with E-state index in [1.807, 2.05) is 37.3 Å². The minimum Gasteiger partial charge on any atom is -0.490 e. The van der Waals surface area contributed by atoms with Crippen molar-refractivity contribution < 1.29 is 29.0 Å². The summed E-state index contributed by atoms with van der Waals surface area (Å²) in [7, 11) is 0. The van der Waals surface area contributed by atoms with Gasteiger partial charge in [0, 0.05) is 0 Å². The second-order valence-corrected chi connectivity index (χ2v) is 7.38. The molecule has 1 saturated heterocycles. The van der Waals surface area contributed by atoms with Crippen LogP contribution in [0.4, 0.5) is 4.79 Å². The van der Waals surface area contributed by atoms with Crippen molar-refractivity contribution in [3.63, 3.8) is 0 Å². The van der Waals surface area contributed by atoms with Crippen LogP contribution in [0, 0.1) is 0 Å². The fourth-order valence-corrected chi connectivity index (χ4v) is 3.51. The molecule has 3 aromatic rings. The Balaban J connectivity index is 1.52. The van der Waals surface area contributed by atoms with Crippen molar-refractivity contribution >= 4 is 34.8 Å². The third-order valence-corrected chi connectivity index (χ3v) is 5.04. The highest BCUT2D eigenvalue weighted by atomic mass is 16.5. The van der Waals surface area contributed by atoms with Gasteiger partial charge in [0.25, 0.3) is 5.91 Å². The molecular weight excluding hydrogens is 424 g/mol. The Kier molecular flexibility index (Phi) is 6.26. The number of urea groups is 1. The van der Waals surface area contributed by atoms with Gasteiger partial charge in [0.1, 0.15) is 18.8 Å². The van der Waals surface area contributed by atoms with Crippen LogP contribution in [0.1, 0.15) is 18.1 Å². The number of benzene rings is 3. The number of rotatable bonds is 8. The van der Waals surface area contributed by atoms with E-state index in [2.05, 4.69) is 17.4 Å². The van der Waals surface area contributed by atoms with Gasteiger partial charge in [-0.25, -0.2) is 9.69 Å². The fourth-order valence-electron chi connectivity index (χ4n) is 3.51. The zero-order valence-corrected chi connectivity index (χ0v) is 17.9. The number of ether oxygens (including phenoxy) is 2. The molecule has 33 heavy (non-hydrogen) atoms. The highest BCUT2D eigenvalue weighted by molar-refractivity contribution is 6.15. The number of amides is 3. The second-order valence-electron chi connectivity index (χ2n) is 7.38. The third kappa shape index (κ3) is 4.95. The molecule has 3 aromatic carbocycles. The summed E-state index contributed by atoms with van der Waals surface area (Å²) in [6, 6.07) is 18.6. The Hall–Kier alpha value is -4.33. The minimum absolute atomic E-state index is 0.00599. The number of nitrogens with zero attached hydrogens (tertiary/aromatic N) is 1. The second kappa shape index (κ2) is 9.44. The molecule has 0 unspecified atom stereocenters. The maximum atomic E-state index is 12.3. The zero-order chi connectivity index (χ0) is 23.4. The summed E-state index contributed by atoms with van der Waals surface area (Å²) in [5, 5.41) is 13.6. The quantitative estimate of drug-likeness (QED) is 0.403. The van der Waals surface area contributed by atoms with Crippen LogP contribution < -0.4 is 14.8 Å². The van der Waals surface area contributed by atoms with Gasteiger partial charge in [-0.3, -0.25) is 9.59 Å². The van der Waals surface area contributed by atoms with Crippen LogP contribution in [-0.4, -0.2) is 41.1 Å². The highest BCUT2D eigenvalue weighted by Crippen LogP contribution is 2.31. The lowest BCUT2D eigenvalue weighted by Gasteiger charge is -2.13. The molecule has 8 nitrogen and oxygen atoms in total. The van der Waals surface area contributed by atoms with Gasteiger partial charge >= 0.3 is 12.0 Å². The summed E-state index contributed by atoms with van der Waals surface area (Å²) in [5.41, 5.74) is 1.60. The van der Waals surface area contributed by atoms with E-state index in [-0.39, 0.29) is 5.70 Å². The smallest absolute Gasteiger partial charge is 0.329 e. The molecule has 0 aromatic heterocycles. The molecule has 0 atom stereocenters.